The summed E-state index contributed by atoms with van der Waals surface area (Å²) < 4.78 is 25.4. The van der Waals surface area contributed by atoms with Gasteiger partial charge in [-0.3, -0.25) is 4.79 Å². The van der Waals surface area contributed by atoms with Gasteiger partial charge in [0.25, 0.3) is 0 Å². The van der Waals surface area contributed by atoms with Crippen molar-refractivity contribution >= 4 is 51.2 Å². The van der Waals surface area contributed by atoms with Crippen LogP contribution >= 0.6 is 11.6 Å². The minimum Gasteiger partial charge on any atom is -0.464 e. The second-order valence-electron chi connectivity index (χ2n) is 6.10. The molecule has 2 aromatic carbocycles. The van der Waals surface area contributed by atoms with Crippen molar-refractivity contribution in [2.45, 2.75) is 6.54 Å². The molecule has 1 N–H and O–H groups in total. The molecule has 0 aliphatic carbocycles. The second-order valence-corrected chi connectivity index (χ2v) is 6.50. The fourth-order valence-corrected chi connectivity index (χ4v) is 3.29. The van der Waals surface area contributed by atoms with Gasteiger partial charge in [-0.25, -0.2) is 9.18 Å². The van der Waals surface area contributed by atoms with Crippen molar-refractivity contribution in [3.63, 3.8) is 0 Å². The number of ether oxygens (including phenoxy) is 1. The Hall–Kier alpha value is -3.32. The number of halogens is 2. The van der Waals surface area contributed by atoms with Crippen molar-refractivity contribution in [3.8, 4) is 0 Å². The number of nitrogens with one attached hydrogen (secondary N) is 1. The molecule has 142 valence electrons. The number of hydrogen-bond acceptors (Lipinski definition) is 4. The molecule has 0 fully saturated rings. The number of anilines is 1. The van der Waals surface area contributed by atoms with Crippen molar-refractivity contribution in [1.82, 2.24) is 4.57 Å². The number of hydrogen-bond donors (Lipinski definition) is 1. The number of methoxy groups -OCH3 is 1. The van der Waals surface area contributed by atoms with Gasteiger partial charge in [0, 0.05) is 17.1 Å². The average Bonchev–Trinajstić information content (AvgIpc) is 3.21. The summed E-state index contributed by atoms with van der Waals surface area (Å²) in [7, 11) is 1.26. The van der Waals surface area contributed by atoms with Crippen LogP contribution in [-0.4, -0.2) is 23.6 Å². The average molecular weight is 401 g/mol. The number of nitrogens with zero attached hydrogens (tertiary/aromatic N) is 1. The van der Waals surface area contributed by atoms with Crippen LogP contribution in [0.15, 0.2) is 52.9 Å². The molecule has 28 heavy (non-hydrogen) atoms. The first-order valence-electron chi connectivity index (χ1n) is 8.32. The van der Waals surface area contributed by atoms with Crippen LogP contribution in [0.4, 0.5) is 10.1 Å². The van der Waals surface area contributed by atoms with E-state index in [0.29, 0.717) is 22.4 Å². The number of carbonyl (C=O) groups excluding carboxylic acids is 2. The van der Waals surface area contributed by atoms with Crippen LogP contribution < -0.4 is 5.32 Å². The highest BCUT2D eigenvalue weighted by Gasteiger charge is 2.22. The molecule has 0 saturated carbocycles. The Labute approximate surface area is 163 Å². The first-order valence-corrected chi connectivity index (χ1v) is 8.69. The van der Waals surface area contributed by atoms with Crippen molar-refractivity contribution in [2.75, 3.05) is 12.4 Å². The summed E-state index contributed by atoms with van der Waals surface area (Å²) >= 11 is 5.75. The maximum absolute atomic E-state index is 13.3. The third-order valence-corrected chi connectivity index (χ3v) is 4.61. The molecule has 0 atom stereocenters. The Bertz CT molecular complexity index is 1230. The molecule has 2 aromatic heterocycles. The topological polar surface area (TPSA) is 73.5 Å². The number of rotatable bonds is 4. The number of amides is 1. The van der Waals surface area contributed by atoms with E-state index in [-0.39, 0.29) is 17.3 Å². The summed E-state index contributed by atoms with van der Waals surface area (Å²) in [5, 5.41) is 3.31. The van der Waals surface area contributed by atoms with Crippen molar-refractivity contribution in [1.29, 1.82) is 0 Å². The number of para-hydroxylation sites is 1. The first-order chi connectivity index (χ1) is 13.5. The third-order valence-electron chi connectivity index (χ3n) is 4.32. The number of aromatic nitrogens is 1. The smallest absolute Gasteiger partial charge is 0.354 e. The van der Waals surface area contributed by atoms with Gasteiger partial charge in [-0.2, -0.15) is 0 Å². The highest BCUT2D eigenvalue weighted by atomic mass is 35.5. The molecule has 4 rings (SSSR count). The Kier molecular flexibility index (Phi) is 4.52. The zero-order valence-electron chi connectivity index (χ0n) is 14.7. The molecule has 0 saturated heterocycles. The van der Waals surface area contributed by atoms with E-state index >= 15 is 0 Å². The molecule has 0 bridgehead atoms. The number of furan rings is 1. The molecule has 0 aliphatic rings. The largest absolute Gasteiger partial charge is 0.464 e. The van der Waals surface area contributed by atoms with E-state index in [1.54, 1.807) is 12.1 Å². The van der Waals surface area contributed by atoms with Gasteiger partial charge in [0.2, 0.25) is 5.91 Å². The maximum Gasteiger partial charge on any atom is 0.354 e. The van der Waals surface area contributed by atoms with E-state index in [9.17, 15) is 14.0 Å². The lowest BCUT2D eigenvalue weighted by Crippen LogP contribution is -2.21. The van der Waals surface area contributed by atoms with Gasteiger partial charge in [0.15, 0.2) is 5.58 Å². The minimum absolute atomic E-state index is 0.0998. The summed E-state index contributed by atoms with van der Waals surface area (Å²) in [4.78, 5) is 24.8. The van der Waals surface area contributed by atoms with Gasteiger partial charge in [-0.15, -0.1) is 0 Å². The van der Waals surface area contributed by atoms with Crippen LogP contribution in [0.2, 0.25) is 5.02 Å². The van der Waals surface area contributed by atoms with E-state index in [0.717, 1.165) is 11.5 Å². The molecule has 6 nitrogen and oxygen atoms in total. The number of benzene rings is 2. The molecule has 2 heterocycles. The van der Waals surface area contributed by atoms with E-state index < -0.39 is 17.7 Å². The third kappa shape index (κ3) is 3.10. The highest BCUT2D eigenvalue weighted by molar-refractivity contribution is 6.31. The molecule has 0 aliphatic heterocycles. The Morgan fingerprint density at radius 3 is 2.71 bits per heavy atom. The summed E-state index contributed by atoms with van der Waals surface area (Å²) in [6, 6.07) is 12.7. The van der Waals surface area contributed by atoms with E-state index in [1.807, 2.05) is 18.2 Å². The van der Waals surface area contributed by atoms with Gasteiger partial charge >= 0.3 is 5.97 Å². The summed E-state index contributed by atoms with van der Waals surface area (Å²) in [6.45, 7) is -0.174. The molecule has 0 unspecified atom stereocenters. The van der Waals surface area contributed by atoms with Gasteiger partial charge < -0.3 is 19.0 Å². The monoisotopic (exact) mass is 400 g/mol. The van der Waals surface area contributed by atoms with Gasteiger partial charge in [0.05, 0.1) is 17.6 Å². The predicted octanol–water partition coefficient (Wildman–Crippen LogP) is 4.61. The lowest BCUT2D eigenvalue weighted by atomic mass is 10.2. The number of esters is 1. The zero-order chi connectivity index (χ0) is 19.8. The molecule has 1 amide bonds. The van der Waals surface area contributed by atoms with Crippen LogP contribution in [0.1, 0.15) is 10.5 Å². The van der Waals surface area contributed by atoms with Gasteiger partial charge in [0.1, 0.15) is 23.6 Å². The van der Waals surface area contributed by atoms with E-state index in [4.69, 9.17) is 20.8 Å². The van der Waals surface area contributed by atoms with Crippen LogP contribution in [-0.2, 0) is 16.1 Å². The lowest BCUT2D eigenvalue weighted by molar-refractivity contribution is -0.116. The summed E-state index contributed by atoms with van der Waals surface area (Å²) in [5.41, 5.74) is 2.26. The molecular weight excluding hydrogens is 387 g/mol. The Balaban J connectivity index is 1.74. The highest BCUT2D eigenvalue weighted by Crippen LogP contribution is 2.31. The second kappa shape index (κ2) is 7.01. The molecule has 8 heteroatoms. The SMILES string of the molecule is COC(=O)c1cc2oc3ccccc3c2n1CC(=O)Nc1ccc(F)c(Cl)c1. The van der Waals surface area contributed by atoms with Crippen molar-refractivity contribution in [2.24, 2.45) is 0 Å². The van der Waals surface area contributed by atoms with E-state index in [2.05, 4.69) is 5.32 Å². The molecule has 0 spiro atoms. The quantitative estimate of drug-likeness (QED) is 0.508. The first kappa shape index (κ1) is 18.1. The minimum atomic E-state index is -0.590. The van der Waals surface area contributed by atoms with Crippen molar-refractivity contribution in [3.05, 3.63) is 65.1 Å². The van der Waals surface area contributed by atoms with Crippen LogP contribution in [0.25, 0.3) is 22.1 Å². The predicted molar refractivity (Wildman–Crippen MR) is 103 cm³/mol. The molecule has 0 radical (unpaired) electrons. The Morgan fingerprint density at radius 2 is 1.96 bits per heavy atom. The fraction of sp³-hybridized carbons (Fsp3) is 0.100. The van der Waals surface area contributed by atoms with Crippen LogP contribution in [0.3, 0.4) is 0 Å². The summed E-state index contributed by atoms with van der Waals surface area (Å²) in [6.07, 6.45) is 0. The maximum atomic E-state index is 13.3. The van der Waals surface area contributed by atoms with Crippen molar-refractivity contribution < 1.29 is 23.1 Å². The Morgan fingerprint density at radius 1 is 1.18 bits per heavy atom. The van der Waals surface area contributed by atoms with Crippen LogP contribution in [0.5, 0.6) is 0 Å². The normalized spacial score (nSPS) is 11.1. The lowest BCUT2D eigenvalue weighted by Gasteiger charge is -2.10. The van der Waals surface area contributed by atoms with E-state index in [1.165, 1.54) is 23.8 Å². The summed E-state index contributed by atoms with van der Waals surface area (Å²) in [5.74, 6) is -1.59. The van der Waals surface area contributed by atoms with Gasteiger partial charge in [-0.1, -0.05) is 23.7 Å². The standard InChI is InChI=1S/C20H14ClFN2O4/c1-27-20(26)15-9-17-19(12-4-2-3-5-16(12)28-17)24(15)10-18(25)23-11-6-7-14(22)13(21)8-11/h2-9H,10H2,1H3,(H,23,25). The fourth-order valence-electron chi connectivity index (χ4n) is 3.11. The zero-order valence-corrected chi connectivity index (χ0v) is 15.4. The molecule has 4 aromatic rings. The van der Waals surface area contributed by atoms with Crippen LogP contribution in [0, 0.1) is 5.82 Å². The number of carbonyl (C=O) groups is 2. The number of fused-ring (bicyclic) bond motifs is 3. The van der Waals surface area contributed by atoms with Gasteiger partial charge in [-0.05, 0) is 30.3 Å². The molecular formula is C20H14ClFN2O4.